The minimum atomic E-state index is -3.68. The van der Waals surface area contributed by atoms with Crippen LogP contribution in [0.15, 0.2) is 45.0 Å². The minimum Gasteiger partial charge on any atom is -0.350 e. The maximum atomic E-state index is 12.9. The molecule has 2 aromatic rings. The summed E-state index contributed by atoms with van der Waals surface area (Å²) >= 11 is 0. The van der Waals surface area contributed by atoms with Crippen molar-refractivity contribution in [3.63, 3.8) is 0 Å². The highest BCUT2D eigenvalue weighted by Crippen LogP contribution is 2.23. The summed E-state index contributed by atoms with van der Waals surface area (Å²) in [5.74, 6) is -0.176. The number of rotatable bonds is 7. The van der Waals surface area contributed by atoms with Gasteiger partial charge in [-0.1, -0.05) is 31.9 Å². The number of pyridine rings is 1. The molecule has 0 saturated heterocycles. The summed E-state index contributed by atoms with van der Waals surface area (Å²) in [4.78, 5) is 32.4. The van der Waals surface area contributed by atoms with Gasteiger partial charge in [0, 0.05) is 23.4 Å². The van der Waals surface area contributed by atoms with Gasteiger partial charge in [0.25, 0.3) is 15.6 Å². The number of aromatic nitrogens is 1. The molecule has 0 unspecified atom stereocenters. The Morgan fingerprint density at radius 3 is 2.67 bits per heavy atom. The van der Waals surface area contributed by atoms with Crippen molar-refractivity contribution in [2.75, 3.05) is 0 Å². The first-order chi connectivity index (χ1) is 14.2. The van der Waals surface area contributed by atoms with Crippen LogP contribution in [-0.2, 0) is 21.4 Å². The van der Waals surface area contributed by atoms with Gasteiger partial charge >= 0.3 is 0 Å². The van der Waals surface area contributed by atoms with Crippen LogP contribution in [-0.4, -0.2) is 31.2 Å². The van der Waals surface area contributed by atoms with Crippen LogP contribution < -0.4 is 15.6 Å². The van der Waals surface area contributed by atoms with E-state index in [0.29, 0.717) is 17.5 Å². The van der Waals surface area contributed by atoms with Gasteiger partial charge < -0.3 is 10.3 Å². The number of unbranched alkanes of at least 4 members (excludes halogenated alkanes) is 1. The zero-order valence-electron chi connectivity index (χ0n) is 17.3. The molecule has 1 aliphatic heterocycles. The second-order valence-electron chi connectivity index (χ2n) is 7.40. The number of carbonyl (C=O) groups is 1. The molecule has 0 radical (unpaired) electrons. The van der Waals surface area contributed by atoms with Crippen molar-refractivity contribution >= 4 is 21.8 Å². The third kappa shape index (κ3) is 4.62. The maximum Gasteiger partial charge on any atom is 0.263 e. The molecular weight excluding hydrogens is 404 g/mol. The molecule has 0 aliphatic carbocycles. The number of H-pyrrole nitrogens is 1. The van der Waals surface area contributed by atoms with E-state index in [2.05, 4.69) is 20.0 Å². The molecule has 1 aromatic carbocycles. The Labute approximate surface area is 175 Å². The first-order valence-electron chi connectivity index (χ1n) is 9.90. The van der Waals surface area contributed by atoms with Crippen LogP contribution in [0.1, 0.15) is 48.6 Å². The first-order valence-corrected chi connectivity index (χ1v) is 11.4. The molecule has 1 aliphatic rings. The predicted octanol–water partition coefficient (Wildman–Crippen LogP) is 1.91. The summed E-state index contributed by atoms with van der Waals surface area (Å²) in [6.07, 6.45) is 2.10. The molecular formula is C21H26N4O4S. The normalized spacial score (nSPS) is 16.7. The van der Waals surface area contributed by atoms with Crippen LogP contribution in [0.3, 0.4) is 0 Å². The maximum absolute atomic E-state index is 12.9. The van der Waals surface area contributed by atoms with Gasteiger partial charge in [0.15, 0.2) is 0 Å². The Hall–Kier alpha value is -2.94. The highest BCUT2D eigenvalue weighted by Gasteiger charge is 2.31. The van der Waals surface area contributed by atoms with Gasteiger partial charge in [0.1, 0.15) is 11.9 Å². The van der Waals surface area contributed by atoms with Gasteiger partial charge in [0.05, 0.1) is 4.90 Å². The van der Waals surface area contributed by atoms with E-state index in [1.165, 1.54) is 6.07 Å². The third-order valence-electron chi connectivity index (χ3n) is 5.01. The number of aliphatic imine (C=N–C) groups is 1. The fourth-order valence-corrected chi connectivity index (χ4v) is 4.67. The number of hydrogen-bond donors (Lipinski definition) is 3. The summed E-state index contributed by atoms with van der Waals surface area (Å²) in [6.45, 7) is 5.71. The summed E-state index contributed by atoms with van der Waals surface area (Å²) in [5, 5.41) is 2.78. The standard InChI is InChI=1S/C21H26N4O4S/c1-4-5-9-17(21(27)22-12-16-13(2)11-14(3)23-20(16)26)24-19-15-8-6-7-10-18(15)30(28,29)25-19/h6-8,10-11,17H,4-5,9,12H2,1-3H3,(H,22,27)(H,23,26)(H,24,25)/t17-/m1/s1. The number of nitrogens with zero attached hydrogens (tertiary/aromatic N) is 1. The van der Waals surface area contributed by atoms with Crippen LogP contribution in [0.5, 0.6) is 0 Å². The van der Waals surface area contributed by atoms with Gasteiger partial charge in [-0.3, -0.25) is 19.3 Å². The largest absolute Gasteiger partial charge is 0.350 e. The van der Waals surface area contributed by atoms with Gasteiger partial charge in [-0.05, 0) is 44.0 Å². The molecule has 1 aromatic heterocycles. The number of aryl methyl sites for hydroxylation is 2. The minimum absolute atomic E-state index is 0.0794. The van der Waals surface area contributed by atoms with Crippen molar-refractivity contribution in [3.8, 4) is 0 Å². The lowest BCUT2D eigenvalue weighted by atomic mass is 10.1. The van der Waals surface area contributed by atoms with Crippen molar-refractivity contribution in [1.29, 1.82) is 0 Å². The molecule has 8 nitrogen and oxygen atoms in total. The molecule has 0 spiro atoms. The smallest absolute Gasteiger partial charge is 0.263 e. The lowest BCUT2D eigenvalue weighted by molar-refractivity contribution is -0.122. The topological polar surface area (TPSA) is 120 Å². The van der Waals surface area contributed by atoms with Crippen molar-refractivity contribution < 1.29 is 13.2 Å². The second-order valence-corrected chi connectivity index (χ2v) is 9.05. The zero-order valence-corrected chi connectivity index (χ0v) is 18.1. The summed E-state index contributed by atoms with van der Waals surface area (Å²) < 4.78 is 27.1. The highest BCUT2D eigenvalue weighted by atomic mass is 32.2. The molecule has 9 heteroatoms. The van der Waals surface area contributed by atoms with Gasteiger partial charge in [-0.25, -0.2) is 8.42 Å². The van der Waals surface area contributed by atoms with Crippen molar-refractivity contribution in [2.45, 2.75) is 57.5 Å². The summed E-state index contributed by atoms with van der Waals surface area (Å²) in [5.41, 5.74) is 2.26. The van der Waals surface area contributed by atoms with Crippen LogP contribution in [0.4, 0.5) is 0 Å². The fourth-order valence-electron chi connectivity index (χ4n) is 3.43. The third-order valence-corrected chi connectivity index (χ3v) is 6.41. The van der Waals surface area contributed by atoms with Crippen LogP contribution >= 0.6 is 0 Å². The monoisotopic (exact) mass is 430 g/mol. The summed E-state index contributed by atoms with van der Waals surface area (Å²) in [7, 11) is -3.68. The average molecular weight is 431 g/mol. The molecule has 30 heavy (non-hydrogen) atoms. The number of carbonyl (C=O) groups excluding carboxylic acids is 1. The quantitative estimate of drug-likeness (QED) is 0.621. The molecule has 1 amide bonds. The van der Waals surface area contributed by atoms with Crippen LogP contribution in [0, 0.1) is 13.8 Å². The van der Waals surface area contributed by atoms with E-state index in [-0.39, 0.29) is 28.7 Å². The molecule has 160 valence electrons. The van der Waals surface area contributed by atoms with E-state index in [1.54, 1.807) is 25.1 Å². The number of amides is 1. The zero-order chi connectivity index (χ0) is 21.9. The average Bonchev–Trinajstić information content (AvgIpc) is 2.94. The van der Waals surface area contributed by atoms with Gasteiger partial charge in [-0.15, -0.1) is 0 Å². The highest BCUT2D eigenvalue weighted by molar-refractivity contribution is 7.90. The molecule has 1 atom stereocenters. The Morgan fingerprint density at radius 1 is 1.23 bits per heavy atom. The predicted molar refractivity (Wildman–Crippen MR) is 115 cm³/mol. The van der Waals surface area contributed by atoms with Crippen LogP contribution in [0.25, 0.3) is 0 Å². The lowest BCUT2D eigenvalue weighted by Crippen LogP contribution is -2.36. The molecule has 3 N–H and O–H groups in total. The van der Waals surface area contributed by atoms with Crippen molar-refractivity contribution in [1.82, 2.24) is 15.0 Å². The SMILES string of the molecule is CCCC[C@@H](N=C1NS(=O)(=O)c2ccccc21)C(=O)NCc1c(C)cc(C)[nH]c1=O. The van der Waals surface area contributed by atoms with Gasteiger partial charge in [-0.2, -0.15) is 0 Å². The van der Waals surface area contributed by atoms with Crippen molar-refractivity contribution in [2.24, 2.45) is 4.99 Å². The number of sulfonamides is 1. The molecule has 3 rings (SSSR count). The number of benzene rings is 1. The molecule has 0 fully saturated rings. The number of nitrogens with one attached hydrogen (secondary N) is 3. The van der Waals surface area contributed by atoms with E-state index in [4.69, 9.17) is 0 Å². The number of fused-ring (bicyclic) bond motifs is 1. The van der Waals surface area contributed by atoms with E-state index >= 15 is 0 Å². The number of aromatic amines is 1. The molecule has 0 saturated carbocycles. The Morgan fingerprint density at radius 2 is 1.97 bits per heavy atom. The van der Waals surface area contributed by atoms with E-state index in [1.807, 2.05) is 19.9 Å². The van der Waals surface area contributed by atoms with Crippen molar-refractivity contribution in [3.05, 3.63) is 63.1 Å². The molecule has 2 heterocycles. The van der Waals surface area contributed by atoms with E-state index in [0.717, 1.165) is 24.1 Å². The van der Waals surface area contributed by atoms with Crippen LogP contribution in [0.2, 0.25) is 0 Å². The number of hydrogen-bond acceptors (Lipinski definition) is 5. The Kier molecular flexibility index (Phi) is 6.40. The first kappa shape index (κ1) is 21.8. The fraction of sp³-hybridized carbons (Fsp3) is 0.381. The lowest BCUT2D eigenvalue weighted by Gasteiger charge is -2.14. The number of amidine groups is 1. The van der Waals surface area contributed by atoms with E-state index < -0.39 is 16.1 Å². The van der Waals surface area contributed by atoms with Gasteiger partial charge in [0.2, 0.25) is 5.91 Å². The Bertz CT molecular complexity index is 1150. The molecule has 0 bridgehead atoms. The summed E-state index contributed by atoms with van der Waals surface area (Å²) in [6, 6.07) is 7.62. The van der Waals surface area contributed by atoms with E-state index in [9.17, 15) is 18.0 Å². The Balaban J connectivity index is 1.84. The second kappa shape index (κ2) is 8.83.